The van der Waals surface area contributed by atoms with Crippen molar-refractivity contribution in [3.05, 3.63) is 60.2 Å². The summed E-state index contributed by atoms with van der Waals surface area (Å²) < 4.78 is 11.1. The number of ether oxygens (including phenoxy) is 2. The topological polar surface area (TPSA) is 35.5 Å². The highest BCUT2D eigenvalue weighted by Crippen LogP contribution is 2.25. The highest BCUT2D eigenvalue weighted by molar-refractivity contribution is 5.92. The van der Waals surface area contributed by atoms with E-state index in [4.69, 9.17) is 9.47 Å². The van der Waals surface area contributed by atoms with Crippen molar-refractivity contribution in [3.8, 4) is 11.5 Å². The van der Waals surface area contributed by atoms with E-state index >= 15 is 0 Å². The number of esters is 1. The second-order valence-electron chi connectivity index (χ2n) is 5.11. The fourth-order valence-corrected chi connectivity index (χ4v) is 2.11. The fourth-order valence-electron chi connectivity index (χ4n) is 2.11. The van der Waals surface area contributed by atoms with Crippen LogP contribution in [0.25, 0.3) is 0 Å². The second kappa shape index (κ2) is 8.88. The van der Waals surface area contributed by atoms with Gasteiger partial charge >= 0.3 is 5.97 Å². The molecule has 0 bridgehead atoms. The molecular weight excluding hydrogens is 276 g/mol. The quantitative estimate of drug-likeness (QED) is 0.495. The average molecular weight is 298 g/mol. The molecule has 0 atom stereocenters. The summed E-state index contributed by atoms with van der Waals surface area (Å²) in [7, 11) is 0. The lowest BCUT2D eigenvalue weighted by Gasteiger charge is -2.10. The lowest BCUT2D eigenvalue weighted by atomic mass is 10.2. The van der Waals surface area contributed by atoms with Gasteiger partial charge in [-0.25, -0.2) is 4.79 Å². The molecule has 0 aliphatic rings. The number of benzene rings is 2. The molecule has 3 heteroatoms. The normalized spacial score (nSPS) is 10.2. The van der Waals surface area contributed by atoms with Crippen LogP contribution in [0.2, 0.25) is 0 Å². The molecule has 0 aromatic heterocycles. The SMILES string of the molecule is CCCCCCOC(=O)c1ccccc1Oc1ccccc1. The molecule has 0 heterocycles. The van der Waals surface area contributed by atoms with Crippen LogP contribution in [0.15, 0.2) is 54.6 Å². The third-order valence-electron chi connectivity index (χ3n) is 3.31. The number of carbonyl (C=O) groups is 1. The molecular formula is C19H22O3. The Hall–Kier alpha value is -2.29. The lowest BCUT2D eigenvalue weighted by Crippen LogP contribution is -2.08. The molecule has 0 saturated heterocycles. The van der Waals surface area contributed by atoms with Crippen molar-refractivity contribution >= 4 is 5.97 Å². The van der Waals surface area contributed by atoms with E-state index in [9.17, 15) is 4.79 Å². The van der Waals surface area contributed by atoms with Crippen molar-refractivity contribution in [2.24, 2.45) is 0 Å². The third-order valence-corrected chi connectivity index (χ3v) is 3.31. The van der Waals surface area contributed by atoms with E-state index in [-0.39, 0.29) is 5.97 Å². The molecule has 0 fully saturated rings. The maximum Gasteiger partial charge on any atom is 0.341 e. The van der Waals surface area contributed by atoms with E-state index < -0.39 is 0 Å². The Kier molecular flexibility index (Phi) is 6.49. The van der Waals surface area contributed by atoms with Crippen molar-refractivity contribution in [2.75, 3.05) is 6.61 Å². The number of rotatable bonds is 8. The maximum atomic E-state index is 12.2. The van der Waals surface area contributed by atoms with Gasteiger partial charge < -0.3 is 9.47 Å². The van der Waals surface area contributed by atoms with Gasteiger partial charge in [0.1, 0.15) is 17.1 Å². The van der Waals surface area contributed by atoms with E-state index in [2.05, 4.69) is 6.92 Å². The lowest BCUT2D eigenvalue weighted by molar-refractivity contribution is 0.0495. The number of para-hydroxylation sites is 2. The maximum absolute atomic E-state index is 12.2. The molecule has 0 spiro atoms. The molecule has 22 heavy (non-hydrogen) atoms. The first-order valence-electron chi connectivity index (χ1n) is 7.80. The van der Waals surface area contributed by atoms with Gasteiger partial charge in [-0.15, -0.1) is 0 Å². The van der Waals surface area contributed by atoms with Gasteiger partial charge in [0.25, 0.3) is 0 Å². The predicted octanol–water partition coefficient (Wildman–Crippen LogP) is 5.22. The Morgan fingerprint density at radius 3 is 2.41 bits per heavy atom. The molecule has 2 aromatic carbocycles. The summed E-state index contributed by atoms with van der Waals surface area (Å²) in [6.45, 7) is 2.61. The Balaban J connectivity index is 1.97. The molecule has 0 aliphatic carbocycles. The van der Waals surface area contributed by atoms with Gasteiger partial charge in [0.15, 0.2) is 0 Å². The summed E-state index contributed by atoms with van der Waals surface area (Å²) in [5.74, 6) is 0.890. The highest BCUT2D eigenvalue weighted by atomic mass is 16.5. The Bertz CT molecular complexity index is 578. The van der Waals surface area contributed by atoms with Gasteiger partial charge in [0, 0.05) is 0 Å². The molecule has 0 N–H and O–H groups in total. The molecule has 0 unspecified atom stereocenters. The van der Waals surface area contributed by atoms with Gasteiger partial charge in [0.05, 0.1) is 6.61 Å². The van der Waals surface area contributed by atoms with Crippen molar-refractivity contribution in [1.29, 1.82) is 0 Å². The minimum absolute atomic E-state index is 0.331. The minimum atomic E-state index is -0.331. The van der Waals surface area contributed by atoms with Crippen LogP contribution < -0.4 is 4.74 Å². The minimum Gasteiger partial charge on any atom is -0.462 e. The Morgan fingerprint density at radius 1 is 0.909 bits per heavy atom. The fraction of sp³-hybridized carbons (Fsp3) is 0.316. The first-order chi connectivity index (χ1) is 10.8. The van der Waals surface area contributed by atoms with E-state index in [1.165, 1.54) is 12.8 Å². The van der Waals surface area contributed by atoms with Gasteiger partial charge in [-0.2, -0.15) is 0 Å². The molecule has 2 rings (SSSR count). The van der Waals surface area contributed by atoms with Gasteiger partial charge in [0.2, 0.25) is 0 Å². The van der Waals surface area contributed by atoms with Crippen LogP contribution in [-0.2, 0) is 4.74 Å². The smallest absolute Gasteiger partial charge is 0.341 e. The number of hydrogen-bond acceptors (Lipinski definition) is 3. The molecule has 3 nitrogen and oxygen atoms in total. The first kappa shape index (κ1) is 16.1. The Morgan fingerprint density at radius 2 is 1.64 bits per heavy atom. The standard InChI is InChI=1S/C19H22O3/c1-2-3-4-10-15-21-19(20)17-13-8-9-14-18(17)22-16-11-6-5-7-12-16/h5-9,11-14H,2-4,10,15H2,1H3. The van der Waals surface area contributed by atoms with Gasteiger partial charge in [-0.3, -0.25) is 0 Å². The predicted molar refractivity (Wildman–Crippen MR) is 87.4 cm³/mol. The number of carbonyl (C=O) groups excluding carboxylic acids is 1. The largest absolute Gasteiger partial charge is 0.462 e. The second-order valence-corrected chi connectivity index (χ2v) is 5.11. The molecule has 0 radical (unpaired) electrons. The summed E-state index contributed by atoms with van der Waals surface area (Å²) in [6.07, 6.45) is 4.33. The van der Waals surface area contributed by atoms with Crippen LogP contribution in [0.4, 0.5) is 0 Å². The van der Waals surface area contributed by atoms with Crippen LogP contribution in [-0.4, -0.2) is 12.6 Å². The summed E-state index contributed by atoms with van der Waals surface area (Å²) in [5, 5.41) is 0. The zero-order valence-corrected chi connectivity index (χ0v) is 13.0. The van der Waals surface area contributed by atoms with Crippen LogP contribution in [0.1, 0.15) is 43.0 Å². The number of unbranched alkanes of at least 4 members (excludes halogenated alkanes) is 3. The molecule has 116 valence electrons. The van der Waals surface area contributed by atoms with Crippen molar-refractivity contribution in [1.82, 2.24) is 0 Å². The van der Waals surface area contributed by atoms with E-state index in [1.54, 1.807) is 12.1 Å². The zero-order valence-electron chi connectivity index (χ0n) is 13.0. The molecule has 0 amide bonds. The molecule has 2 aromatic rings. The van der Waals surface area contributed by atoms with Crippen LogP contribution in [0, 0.1) is 0 Å². The van der Waals surface area contributed by atoms with Crippen molar-refractivity contribution in [2.45, 2.75) is 32.6 Å². The van der Waals surface area contributed by atoms with Gasteiger partial charge in [-0.1, -0.05) is 56.5 Å². The highest BCUT2D eigenvalue weighted by Gasteiger charge is 2.13. The molecule has 0 aliphatic heterocycles. The average Bonchev–Trinajstić information content (AvgIpc) is 2.56. The summed E-state index contributed by atoms with van der Waals surface area (Å²) in [6, 6.07) is 16.6. The summed E-state index contributed by atoms with van der Waals surface area (Å²) in [4.78, 5) is 12.2. The van der Waals surface area contributed by atoms with E-state index in [0.29, 0.717) is 23.7 Å². The summed E-state index contributed by atoms with van der Waals surface area (Å²) in [5.41, 5.74) is 0.460. The van der Waals surface area contributed by atoms with Crippen LogP contribution >= 0.6 is 0 Å². The third kappa shape index (κ3) is 4.92. The van der Waals surface area contributed by atoms with Crippen molar-refractivity contribution < 1.29 is 14.3 Å². The first-order valence-corrected chi connectivity index (χ1v) is 7.80. The zero-order chi connectivity index (χ0) is 15.6. The Labute approximate surface area is 131 Å². The van der Waals surface area contributed by atoms with Gasteiger partial charge in [-0.05, 0) is 30.7 Å². The van der Waals surface area contributed by atoms with Crippen LogP contribution in [0.3, 0.4) is 0 Å². The van der Waals surface area contributed by atoms with E-state index in [1.807, 2.05) is 42.5 Å². The van der Waals surface area contributed by atoms with Crippen LogP contribution in [0.5, 0.6) is 11.5 Å². The number of hydrogen-bond donors (Lipinski definition) is 0. The molecule has 0 saturated carbocycles. The van der Waals surface area contributed by atoms with Crippen molar-refractivity contribution in [3.63, 3.8) is 0 Å². The van der Waals surface area contributed by atoms with E-state index in [0.717, 1.165) is 12.8 Å². The monoisotopic (exact) mass is 298 g/mol. The summed E-state index contributed by atoms with van der Waals surface area (Å²) >= 11 is 0.